The molecule has 6 nitrogen and oxygen atoms in total. The highest BCUT2D eigenvalue weighted by Gasteiger charge is 2.45. The number of methoxy groups -OCH3 is 1. The first-order valence-electron chi connectivity index (χ1n) is 10.1. The number of rotatable bonds is 7. The number of carbonyl (C=O) groups is 2. The molecule has 158 valence electrons. The molecule has 2 N–H and O–H groups in total. The second-order valence-electron chi connectivity index (χ2n) is 7.95. The van der Waals surface area contributed by atoms with Gasteiger partial charge in [0.25, 0.3) is 11.7 Å². The second-order valence-corrected chi connectivity index (χ2v) is 7.95. The Morgan fingerprint density at radius 3 is 2.47 bits per heavy atom. The number of benzene rings is 2. The molecule has 30 heavy (non-hydrogen) atoms. The predicted octanol–water partition coefficient (Wildman–Crippen LogP) is 1.96. The van der Waals surface area contributed by atoms with E-state index in [2.05, 4.69) is 0 Å². The topological polar surface area (TPSA) is 71.3 Å². The van der Waals surface area contributed by atoms with E-state index in [0.29, 0.717) is 17.9 Å². The molecule has 0 unspecified atom stereocenters. The van der Waals surface area contributed by atoms with Crippen LogP contribution >= 0.6 is 0 Å². The van der Waals surface area contributed by atoms with Crippen molar-refractivity contribution in [2.75, 3.05) is 34.3 Å². The third-order valence-electron chi connectivity index (χ3n) is 5.35. The van der Waals surface area contributed by atoms with E-state index in [-0.39, 0.29) is 11.3 Å². The molecule has 0 spiro atoms. The zero-order chi connectivity index (χ0) is 21.8. The summed E-state index contributed by atoms with van der Waals surface area (Å²) in [5, 5.41) is 11.0. The quantitative estimate of drug-likeness (QED) is 0.417. The van der Waals surface area contributed by atoms with E-state index in [1.54, 1.807) is 24.1 Å². The fraction of sp³-hybridized carbons (Fsp3) is 0.333. The van der Waals surface area contributed by atoms with Crippen LogP contribution in [0.15, 0.2) is 54.1 Å². The van der Waals surface area contributed by atoms with E-state index >= 15 is 0 Å². The first-order chi connectivity index (χ1) is 14.3. The number of Topliss-reactive ketones (excluding diaryl/α,β-unsaturated/α-hetero) is 1. The summed E-state index contributed by atoms with van der Waals surface area (Å²) in [7, 11) is 5.66. The summed E-state index contributed by atoms with van der Waals surface area (Å²) in [5.74, 6) is -0.753. The molecular weight excluding hydrogens is 380 g/mol. The van der Waals surface area contributed by atoms with Crippen molar-refractivity contribution in [1.29, 1.82) is 0 Å². The molecule has 1 saturated heterocycles. The van der Waals surface area contributed by atoms with E-state index in [1.165, 1.54) is 4.90 Å². The fourth-order valence-electron chi connectivity index (χ4n) is 3.74. The van der Waals surface area contributed by atoms with Crippen molar-refractivity contribution in [3.05, 3.63) is 70.8 Å². The zero-order valence-electron chi connectivity index (χ0n) is 17.9. The smallest absolute Gasteiger partial charge is 0.295 e. The maximum atomic E-state index is 13.0. The Morgan fingerprint density at radius 2 is 1.83 bits per heavy atom. The minimum atomic E-state index is -0.655. The standard InChI is InChI=1S/C24H28N2O4/c1-16-9-11-17(12-10-16)22(27)20-21(18-7-5-8-19(15-18)30-4)26(24(29)23(20)28)14-6-13-25(2)3/h5,7-12,15,21,27H,6,13-14H2,1-4H3/p+1/t21-/m1/s1. The predicted molar refractivity (Wildman–Crippen MR) is 115 cm³/mol. The fourth-order valence-corrected chi connectivity index (χ4v) is 3.74. The summed E-state index contributed by atoms with van der Waals surface area (Å²) in [6.07, 6.45) is 0.750. The number of quaternary nitrogens is 1. The van der Waals surface area contributed by atoms with Crippen LogP contribution in [0.1, 0.15) is 29.2 Å². The molecule has 1 aliphatic heterocycles. The van der Waals surface area contributed by atoms with Gasteiger partial charge in [-0.2, -0.15) is 0 Å². The van der Waals surface area contributed by atoms with Gasteiger partial charge in [0.1, 0.15) is 11.5 Å². The van der Waals surface area contributed by atoms with Crippen molar-refractivity contribution in [1.82, 2.24) is 4.90 Å². The number of nitrogens with zero attached hydrogens (tertiary/aromatic N) is 1. The minimum Gasteiger partial charge on any atom is -0.507 e. The maximum absolute atomic E-state index is 13.0. The summed E-state index contributed by atoms with van der Waals surface area (Å²) in [5.41, 5.74) is 2.42. The highest BCUT2D eigenvalue weighted by Crippen LogP contribution is 2.40. The van der Waals surface area contributed by atoms with Crippen molar-refractivity contribution < 1.29 is 24.3 Å². The van der Waals surface area contributed by atoms with Gasteiger partial charge in [0.05, 0.1) is 39.4 Å². The number of aliphatic hydroxyl groups excluding tert-OH is 1. The lowest BCUT2D eigenvalue weighted by atomic mass is 9.95. The van der Waals surface area contributed by atoms with Crippen LogP contribution in [0.25, 0.3) is 5.76 Å². The molecule has 1 heterocycles. The third kappa shape index (κ3) is 4.39. The van der Waals surface area contributed by atoms with Gasteiger partial charge in [-0.1, -0.05) is 42.0 Å². The first-order valence-corrected chi connectivity index (χ1v) is 10.1. The molecule has 6 heteroatoms. The molecule has 0 saturated carbocycles. The van der Waals surface area contributed by atoms with Crippen LogP contribution in [-0.4, -0.2) is 56.0 Å². The zero-order valence-corrected chi connectivity index (χ0v) is 17.9. The Bertz CT molecular complexity index is 963. The molecule has 0 radical (unpaired) electrons. The van der Waals surface area contributed by atoms with Crippen molar-refractivity contribution in [2.24, 2.45) is 0 Å². The number of aliphatic hydroxyl groups is 1. The Hall–Kier alpha value is -3.12. The molecule has 0 bridgehead atoms. The van der Waals surface area contributed by atoms with Crippen molar-refractivity contribution in [3.63, 3.8) is 0 Å². The number of ketones is 1. The first kappa shape index (κ1) is 21.6. The van der Waals surface area contributed by atoms with Crippen molar-refractivity contribution in [3.8, 4) is 5.75 Å². The number of likely N-dealkylation sites (tertiary alicyclic amines) is 1. The third-order valence-corrected chi connectivity index (χ3v) is 5.35. The minimum absolute atomic E-state index is 0.120. The van der Waals surface area contributed by atoms with Gasteiger partial charge in [0.15, 0.2) is 0 Å². The number of ether oxygens (including phenoxy) is 1. The average Bonchev–Trinajstić information content (AvgIpc) is 2.98. The van der Waals surface area contributed by atoms with E-state index < -0.39 is 17.7 Å². The van der Waals surface area contributed by atoms with Crippen molar-refractivity contribution >= 4 is 17.4 Å². The molecule has 0 aliphatic carbocycles. The number of amides is 1. The summed E-state index contributed by atoms with van der Waals surface area (Å²) >= 11 is 0. The van der Waals surface area contributed by atoms with Crippen LogP contribution in [0, 0.1) is 6.92 Å². The lowest BCUT2D eigenvalue weighted by Gasteiger charge is -2.25. The van der Waals surface area contributed by atoms with Crippen LogP contribution in [0.4, 0.5) is 0 Å². The molecule has 0 aromatic heterocycles. The number of hydrogen-bond donors (Lipinski definition) is 2. The molecule has 2 aromatic rings. The van der Waals surface area contributed by atoms with Gasteiger partial charge in [-0.25, -0.2) is 0 Å². The highest BCUT2D eigenvalue weighted by molar-refractivity contribution is 6.46. The average molecular weight is 410 g/mol. The summed E-state index contributed by atoms with van der Waals surface area (Å²) in [4.78, 5) is 28.7. The molecule has 2 aromatic carbocycles. The Morgan fingerprint density at radius 1 is 1.13 bits per heavy atom. The van der Waals surface area contributed by atoms with Crippen LogP contribution in [0.3, 0.4) is 0 Å². The van der Waals surface area contributed by atoms with Crippen LogP contribution in [-0.2, 0) is 9.59 Å². The van der Waals surface area contributed by atoms with Gasteiger partial charge in [-0.05, 0) is 24.6 Å². The molecule has 3 rings (SSSR count). The van der Waals surface area contributed by atoms with Gasteiger partial charge < -0.3 is 19.6 Å². The van der Waals surface area contributed by atoms with Crippen LogP contribution < -0.4 is 9.64 Å². The Labute approximate surface area is 177 Å². The second kappa shape index (κ2) is 9.13. The Kier molecular flexibility index (Phi) is 6.57. The number of hydrogen-bond acceptors (Lipinski definition) is 4. The monoisotopic (exact) mass is 409 g/mol. The van der Waals surface area contributed by atoms with Gasteiger partial charge in [0.2, 0.25) is 0 Å². The van der Waals surface area contributed by atoms with Gasteiger partial charge in [0, 0.05) is 18.5 Å². The molecule has 1 atom stereocenters. The normalized spacial score (nSPS) is 18.3. The molecule has 1 aliphatic rings. The maximum Gasteiger partial charge on any atom is 0.295 e. The van der Waals surface area contributed by atoms with E-state index in [4.69, 9.17) is 4.74 Å². The highest BCUT2D eigenvalue weighted by atomic mass is 16.5. The van der Waals surface area contributed by atoms with E-state index in [9.17, 15) is 14.7 Å². The van der Waals surface area contributed by atoms with E-state index in [1.807, 2.05) is 57.4 Å². The van der Waals surface area contributed by atoms with Gasteiger partial charge >= 0.3 is 0 Å². The lowest BCUT2D eigenvalue weighted by Crippen LogP contribution is -3.05. The summed E-state index contributed by atoms with van der Waals surface area (Å²) in [6.45, 7) is 3.25. The molecular formula is C24H29N2O4+. The summed E-state index contributed by atoms with van der Waals surface area (Å²) in [6, 6.07) is 13.9. The van der Waals surface area contributed by atoms with Crippen LogP contribution in [0.2, 0.25) is 0 Å². The Balaban J connectivity index is 2.10. The molecule has 1 fully saturated rings. The van der Waals surface area contributed by atoms with E-state index in [0.717, 1.165) is 24.1 Å². The van der Waals surface area contributed by atoms with Gasteiger partial charge in [-0.15, -0.1) is 0 Å². The summed E-state index contributed by atoms with van der Waals surface area (Å²) < 4.78 is 5.34. The lowest BCUT2D eigenvalue weighted by molar-refractivity contribution is -0.858. The van der Waals surface area contributed by atoms with Gasteiger partial charge in [-0.3, -0.25) is 9.59 Å². The number of aryl methyl sites for hydroxylation is 1. The van der Waals surface area contributed by atoms with Crippen LogP contribution in [0.5, 0.6) is 5.75 Å². The SMILES string of the molecule is COc1cccc([C@@H]2C(=C(O)c3ccc(C)cc3)C(=O)C(=O)N2CCC[NH+](C)C)c1. The molecule has 1 amide bonds. The largest absolute Gasteiger partial charge is 0.507 e. The number of nitrogens with one attached hydrogen (secondary N) is 1. The van der Waals surface area contributed by atoms with Crippen molar-refractivity contribution in [2.45, 2.75) is 19.4 Å². The number of carbonyl (C=O) groups excluding carboxylic acids is 2.